The molecule has 0 aliphatic heterocycles. The Morgan fingerprint density at radius 1 is 1.00 bits per heavy atom. The number of likely N-dealkylation sites (N-methyl/N-ethyl adjacent to an activating group) is 1. The summed E-state index contributed by atoms with van der Waals surface area (Å²) in [5.41, 5.74) is 2.72. The number of esters is 1. The van der Waals surface area contributed by atoms with E-state index in [2.05, 4.69) is 5.32 Å². The van der Waals surface area contributed by atoms with E-state index in [1.165, 1.54) is 11.3 Å². The zero-order valence-corrected chi connectivity index (χ0v) is 18.1. The van der Waals surface area contributed by atoms with Crippen molar-refractivity contribution in [2.75, 3.05) is 25.5 Å². The molecule has 30 heavy (non-hydrogen) atoms. The number of benzene rings is 1. The van der Waals surface area contributed by atoms with Crippen molar-refractivity contribution in [2.45, 2.75) is 46.0 Å². The molecule has 0 aromatic heterocycles. The summed E-state index contributed by atoms with van der Waals surface area (Å²) in [5.74, 6) is 1.57. The first-order valence-electron chi connectivity index (χ1n) is 11.1. The topological polar surface area (TPSA) is 75.7 Å². The summed E-state index contributed by atoms with van der Waals surface area (Å²) in [5, 5.41) is 2.88. The highest BCUT2D eigenvalue weighted by molar-refractivity contribution is 5.96. The van der Waals surface area contributed by atoms with E-state index >= 15 is 0 Å². The van der Waals surface area contributed by atoms with Crippen molar-refractivity contribution in [3.63, 3.8) is 0 Å². The molecule has 4 aliphatic carbocycles. The predicted molar refractivity (Wildman–Crippen MR) is 114 cm³/mol. The summed E-state index contributed by atoms with van der Waals surface area (Å²) in [4.78, 5) is 38.8. The number of nitrogens with one attached hydrogen (secondary N) is 1. The number of amides is 2. The molecular formula is C24H32N2O4. The lowest BCUT2D eigenvalue weighted by Crippen LogP contribution is -2.49. The van der Waals surface area contributed by atoms with Gasteiger partial charge in [0.1, 0.15) is 0 Å². The zero-order chi connectivity index (χ0) is 21.4. The minimum Gasteiger partial charge on any atom is -0.455 e. The molecule has 0 saturated heterocycles. The van der Waals surface area contributed by atoms with E-state index < -0.39 is 0 Å². The molecule has 6 heteroatoms. The molecule has 1 aromatic rings. The first-order valence-corrected chi connectivity index (χ1v) is 11.1. The van der Waals surface area contributed by atoms with Gasteiger partial charge in [0, 0.05) is 12.7 Å². The van der Waals surface area contributed by atoms with Crippen LogP contribution in [-0.2, 0) is 19.1 Å². The quantitative estimate of drug-likeness (QED) is 0.728. The Kier molecular flexibility index (Phi) is 5.85. The maximum atomic E-state index is 12.7. The summed E-state index contributed by atoms with van der Waals surface area (Å²) in [6.07, 6.45) is 5.89. The van der Waals surface area contributed by atoms with Crippen LogP contribution in [0.2, 0.25) is 0 Å². The highest BCUT2D eigenvalue weighted by Gasteiger charge is 2.51. The maximum Gasteiger partial charge on any atom is 0.310 e. The third kappa shape index (κ3) is 4.23. The van der Waals surface area contributed by atoms with Gasteiger partial charge in [-0.15, -0.1) is 0 Å². The molecule has 5 rings (SSSR count). The van der Waals surface area contributed by atoms with Crippen molar-refractivity contribution in [2.24, 2.45) is 29.6 Å². The number of ether oxygens (including phenoxy) is 1. The maximum absolute atomic E-state index is 12.7. The molecular weight excluding hydrogens is 380 g/mol. The Morgan fingerprint density at radius 3 is 2.13 bits per heavy atom. The fourth-order valence-electron chi connectivity index (χ4n) is 6.14. The Labute approximate surface area is 178 Å². The molecule has 4 aliphatic rings. The van der Waals surface area contributed by atoms with Crippen LogP contribution in [0.5, 0.6) is 0 Å². The lowest BCUT2D eigenvalue weighted by atomic mass is 9.52. The largest absolute Gasteiger partial charge is 0.455 e. The Hall–Kier alpha value is -2.37. The van der Waals surface area contributed by atoms with Crippen LogP contribution in [0.15, 0.2) is 18.2 Å². The number of hydrogen-bond donors (Lipinski definition) is 1. The number of nitrogens with zero attached hydrogens (tertiary/aromatic N) is 1. The molecule has 0 atom stereocenters. The molecule has 4 saturated carbocycles. The normalized spacial score (nSPS) is 28.8. The molecule has 2 amide bonds. The van der Waals surface area contributed by atoms with Gasteiger partial charge in [0.25, 0.3) is 5.91 Å². The van der Waals surface area contributed by atoms with Crippen molar-refractivity contribution < 1.29 is 19.1 Å². The minimum atomic E-state index is -0.358. The molecule has 1 aromatic carbocycles. The van der Waals surface area contributed by atoms with Gasteiger partial charge in [-0.2, -0.15) is 0 Å². The van der Waals surface area contributed by atoms with E-state index in [0.29, 0.717) is 11.8 Å². The summed E-state index contributed by atoms with van der Waals surface area (Å²) in [7, 11) is 1.56. The number of carbonyl (C=O) groups is 3. The number of para-hydroxylation sites is 1. The van der Waals surface area contributed by atoms with Gasteiger partial charge in [-0.3, -0.25) is 14.4 Å². The highest BCUT2D eigenvalue weighted by atomic mass is 16.5. The number of aryl methyl sites for hydroxylation is 2. The minimum absolute atomic E-state index is 0.0387. The van der Waals surface area contributed by atoms with Crippen molar-refractivity contribution in [3.05, 3.63) is 29.3 Å². The van der Waals surface area contributed by atoms with Gasteiger partial charge in [-0.05, 0) is 80.8 Å². The zero-order valence-electron chi connectivity index (χ0n) is 18.1. The molecule has 0 radical (unpaired) electrons. The van der Waals surface area contributed by atoms with Crippen LogP contribution in [0, 0.1) is 43.4 Å². The number of carbonyl (C=O) groups excluding carboxylic acids is 3. The fraction of sp³-hybridized carbons (Fsp3) is 0.625. The third-order valence-electron chi connectivity index (χ3n) is 7.39. The van der Waals surface area contributed by atoms with Gasteiger partial charge in [-0.1, -0.05) is 18.2 Å². The summed E-state index contributed by atoms with van der Waals surface area (Å²) in [6, 6.07) is 5.80. The van der Waals surface area contributed by atoms with E-state index in [9.17, 15) is 14.4 Å². The Balaban J connectivity index is 1.26. The van der Waals surface area contributed by atoms with Gasteiger partial charge < -0.3 is 15.0 Å². The number of hydrogen-bond acceptors (Lipinski definition) is 4. The predicted octanol–water partition coefficient (Wildman–Crippen LogP) is 3.32. The van der Waals surface area contributed by atoms with Crippen LogP contribution in [0.25, 0.3) is 0 Å². The average Bonchev–Trinajstić information content (AvgIpc) is 2.68. The molecule has 0 unspecified atom stereocenters. The second kappa shape index (κ2) is 8.40. The van der Waals surface area contributed by atoms with E-state index in [1.807, 2.05) is 32.0 Å². The van der Waals surface area contributed by atoms with Crippen molar-refractivity contribution in [1.82, 2.24) is 4.90 Å². The van der Waals surface area contributed by atoms with Gasteiger partial charge in [0.05, 0.1) is 12.5 Å². The Bertz CT molecular complexity index is 801. The lowest BCUT2D eigenvalue weighted by Gasteiger charge is -2.53. The summed E-state index contributed by atoms with van der Waals surface area (Å²) < 4.78 is 5.43. The summed E-state index contributed by atoms with van der Waals surface area (Å²) in [6.45, 7) is 3.49. The van der Waals surface area contributed by atoms with Crippen LogP contribution >= 0.6 is 0 Å². The highest BCUT2D eigenvalue weighted by Crippen LogP contribution is 2.56. The van der Waals surface area contributed by atoms with Gasteiger partial charge in [-0.25, -0.2) is 0 Å². The van der Waals surface area contributed by atoms with E-state index in [0.717, 1.165) is 54.3 Å². The third-order valence-corrected chi connectivity index (χ3v) is 7.39. The smallest absolute Gasteiger partial charge is 0.310 e. The second-order valence-electron chi connectivity index (χ2n) is 9.63. The van der Waals surface area contributed by atoms with Crippen LogP contribution in [-0.4, -0.2) is 42.9 Å². The fourth-order valence-corrected chi connectivity index (χ4v) is 6.14. The first-order chi connectivity index (χ1) is 14.3. The molecule has 1 N–H and O–H groups in total. The van der Waals surface area contributed by atoms with Crippen LogP contribution < -0.4 is 5.32 Å². The van der Waals surface area contributed by atoms with Crippen LogP contribution in [0.3, 0.4) is 0 Å². The lowest BCUT2D eigenvalue weighted by molar-refractivity contribution is -0.166. The van der Waals surface area contributed by atoms with Crippen molar-refractivity contribution >= 4 is 23.5 Å². The summed E-state index contributed by atoms with van der Waals surface area (Å²) >= 11 is 0. The van der Waals surface area contributed by atoms with E-state index in [4.69, 9.17) is 4.74 Å². The molecule has 162 valence electrons. The molecule has 4 bridgehead atoms. The average molecular weight is 413 g/mol. The van der Waals surface area contributed by atoms with Crippen LogP contribution in [0.4, 0.5) is 5.69 Å². The van der Waals surface area contributed by atoms with Crippen molar-refractivity contribution in [3.8, 4) is 0 Å². The molecule has 6 nitrogen and oxygen atoms in total. The monoisotopic (exact) mass is 412 g/mol. The molecule has 0 spiro atoms. The van der Waals surface area contributed by atoms with Gasteiger partial charge in [0.15, 0.2) is 6.61 Å². The number of anilines is 1. The molecule has 0 heterocycles. The SMILES string of the molecule is Cc1cccc(C)c1NC(=O)CN(C)C(=O)COC(=O)C1C2CC3CC(C2)CC1C3. The van der Waals surface area contributed by atoms with Gasteiger partial charge in [0.2, 0.25) is 5.91 Å². The first kappa shape index (κ1) is 20.9. The Morgan fingerprint density at radius 2 is 1.57 bits per heavy atom. The van der Waals surface area contributed by atoms with Gasteiger partial charge >= 0.3 is 5.97 Å². The molecule has 4 fully saturated rings. The standard InChI is InChI=1S/C24H32N2O4/c1-14-5-4-6-15(2)23(14)25-20(27)12-26(3)21(28)13-30-24(29)22-18-8-16-7-17(10-18)11-19(22)9-16/h4-6,16-19,22H,7-13H2,1-3H3,(H,25,27). The number of rotatable bonds is 6. The second-order valence-corrected chi connectivity index (χ2v) is 9.63. The van der Waals surface area contributed by atoms with E-state index in [-0.39, 0.29) is 36.9 Å². The van der Waals surface area contributed by atoms with E-state index in [1.54, 1.807) is 7.05 Å². The van der Waals surface area contributed by atoms with Crippen LogP contribution in [0.1, 0.15) is 43.2 Å². The van der Waals surface area contributed by atoms with Crippen molar-refractivity contribution in [1.29, 1.82) is 0 Å².